The van der Waals surface area contributed by atoms with Crippen LogP contribution in [-0.2, 0) is 24.6 Å². The van der Waals surface area contributed by atoms with Gasteiger partial charge in [-0.3, -0.25) is 4.68 Å². The summed E-state index contributed by atoms with van der Waals surface area (Å²) in [6.07, 6.45) is 4.07. The number of hydrogen-bond acceptors (Lipinski definition) is 3. The van der Waals surface area contributed by atoms with Gasteiger partial charge in [0, 0.05) is 32.7 Å². The molecule has 1 unspecified atom stereocenters. The summed E-state index contributed by atoms with van der Waals surface area (Å²) < 4.78 is 7.38. The van der Waals surface area contributed by atoms with E-state index in [1.54, 1.807) is 0 Å². The number of hydrogen-bond donors (Lipinski definition) is 1. The van der Waals surface area contributed by atoms with E-state index in [2.05, 4.69) is 17.3 Å². The fourth-order valence-electron chi connectivity index (χ4n) is 2.87. The van der Waals surface area contributed by atoms with E-state index >= 15 is 0 Å². The maximum Gasteiger partial charge on any atom is 0.0850 e. The van der Waals surface area contributed by atoms with Crippen molar-refractivity contribution in [2.45, 2.75) is 38.6 Å². The zero-order valence-corrected chi connectivity index (χ0v) is 12.8. The molecule has 0 radical (unpaired) electrons. The second kappa shape index (κ2) is 6.73. The van der Waals surface area contributed by atoms with Gasteiger partial charge in [0.15, 0.2) is 0 Å². The molecule has 1 saturated heterocycles. The van der Waals surface area contributed by atoms with Gasteiger partial charge >= 0.3 is 0 Å². The Labute approximate surface area is 120 Å². The molecule has 0 bridgehead atoms. The van der Waals surface area contributed by atoms with Crippen molar-refractivity contribution in [3.63, 3.8) is 0 Å². The van der Waals surface area contributed by atoms with E-state index in [1.165, 1.54) is 0 Å². The Morgan fingerprint density at radius 3 is 2.68 bits per heavy atom. The molecule has 1 atom stereocenters. The van der Waals surface area contributed by atoms with E-state index in [1.807, 2.05) is 18.8 Å². The van der Waals surface area contributed by atoms with Crippen LogP contribution in [0.4, 0.5) is 0 Å². The van der Waals surface area contributed by atoms with Gasteiger partial charge in [0.1, 0.15) is 0 Å². The topological polar surface area (TPSA) is 39.1 Å². The van der Waals surface area contributed by atoms with Crippen molar-refractivity contribution < 1.29 is 4.74 Å². The Hall–Kier alpha value is -0.580. The molecule has 1 aliphatic heterocycles. The highest BCUT2D eigenvalue weighted by atomic mass is 35.5. The third kappa shape index (κ3) is 3.30. The first-order chi connectivity index (χ1) is 9.17. The summed E-state index contributed by atoms with van der Waals surface area (Å²) in [6.45, 7) is 3.84. The molecule has 0 aromatic carbocycles. The highest BCUT2D eigenvalue weighted by Crippen LogP contribution is 2.26. The molecule has 2 rings (SSSR count). The Morgan fingerprint density at radius 1 is 1.47 bits per heavy atom. The number of rotatable bonds is 5. The SMILES string of the molecule is CCc1nn(C)c(CC(NC)C2CCOCC2)c1Cl. The lowest BCUT2D eigenvalue weighted by atomic mass is 9.89. The molecule has 1 aliphatic rings. The molecule has 2 heterocycles. The van der Waals surface area contributed by atoms with Gasteiger partial charge in [-0.25, -0.2) is 0 Å². The smallest absolute Gasteiger partial charge is 0.0850 e. The van der Waals surface area contributed by atoms with E-state index in [4.69, 9.17) is 16.3 Å². The molecule has 1 aromatic rings. The molecule has 0 saturated carbocycles. The molecule has 19 heavy (non-hydrogen) atoms. The van der Waals surface area contributed by atoms with Crippen LogP contribution in [0.3, 0.4) is 0 Å². The first kappa shape index (κ1) is 14.8. The minimum Gasteiger partial charge on any atom is -0.381 e. The van der Waals surface area contributed by atoms with E-state index in [-0.39, 0.29) is 0 Å². The molecule has 0 amide bonds. The Bertz CT molecular complexity index is 413. The van der Waals surface area contributed by atoms with Crippen LogP contribution in [0.2, 0.25) is 5.02 Å². The zero-order chi connectivity index (χ0) is 13.8. The van der Waals surface area contributed by atoms with Gasteiger partial charge in [0.05, 0.1) is 16.4 Å². The maximum atomic E-state index is 6.43. The lowest BCUT2D eigenvalue weighted by Gasteiger charge is -2.30. The predicted octanol–water partition coefficient (Wildman–Crippen LogP) is 2.19. The Kier molecular flexibility index (Phi) is 5.25. The number of halogens is 1. The molecule has 1 aromatic heterocycles. The lowest BCUT2D eigenvalue weighted by molar-refractivity contribution is 0.0545. The first-order valence-corrected chi connectivity index (χ1v) is 7.50. The predicted molar refractivity (Wildman–Crippen MR) is 77.7 cm³/mol. The number of aryl methyl sites for hydroxylation is 2. The average molecular weight is 286 g/mol. The quantitative estimate of drug-likeness (QED) is 0.901. The minimum absolute atomic E-state index is 0.446. The summed E-state index contributed by atoms with van der Waals surface area (Å²) in [5.74, 6) is 0.662. The average Bonchev–Trinajstić information content (AvgIpc) is 2.72. The molecule has 108 valence electrons. The van der Waals surface area contributed by atoms with Crippen LogP contribution in [-0.4, -0.2) is 36.1 Å². The summed E-state index contributed by atoms with van der Waals surface area (Å²) in [7, 11) is 4.02. The highest BCUT2D eigenvalue weighted by Gasteiger charge is 2.25. The van der Waals surface area contributed by atoms with Gasteiger partial charge in [-0.1, -0.05) is 18.5 Å². The lowest BCUT2D eigenvalue weighted by Crippen LogP contribution is -2.39. The normalized spacial score (nSPS) is 18.7. The molecule has 1 fully saturated rings. The van der Waals surface area contributed by atoms with Crippen LogP contribution in [0.25, 0.3) is 0 Å². The van der Waals surface area contributed by atoms with Crippen molar-refractivity contribution >= 4 is 11.6 Å². The summed E-state index contributed by atoms with van der Waals surface area (Å²) >= 11 is 6.43. The highest BCUT2D eigenvalue weighted by molar-refractivity contribution is 6.31. The zero-order valence-electron chi connectivity index (χ0n) is 12.1. The molecule has 5 heteroatoms. The second-order valence-electron chi connectivity index (χ2n) is 5.23. The minimum atomic E-state index is 0.446. The van der Waals surface area contributed by atoms with Gasteiger partial charge in [-0.15, -0.1) is 0 Å². The maximum absolute atomic E-state index is 6.43. The number of nitrogens with zero attached hydrogens (tertiary/aromatic N) is 2. The number of nitrogens with one attached hydrogen (secondary N) is 1. The van der Waals surface area contributed by atoms with Crippen LogP contribution in [0.15, 0.2) is 0 Å². The van der Waals surface area contributed by atoms with E-state index in [0.29, 0.717) is 12.0 Å². The van der Waals surface area contributed by atoms with Crippen molar-refractivity contribution in [1.29, 1.82) is 0 Å². The Balaban J connectivity index is 2.11. The molecule has 0 spiro atoms. The van der Waals surface area contributed by atoms with Crippen molar-refractivity contribution in [3.05, 3.63) is 16.4 Å². The third-order valence-electron chi connectivity index (χ3n) is 4.12. The summed E-state index contributed by atoms with van der Waals surface area (Å²) in [4.78, 5) is 0. The van der Waals surface area contributed by atoms with Crippen LogP contribution >= 0.6 is 11.6 Å². The molecule has 4 nitrogen and oxygen atoms in total. The van der Waals surface area contributed by atoms with E-state index in [0.717, 1.165) is 55.3 Å². The largest absolute Gasteiger partial charge is 0.381 e. The molecule has 0 aliphatic carbocycles. The van der Waals surface area contributed by atoms with E-state index < -0.39 is 0 Å². The van der Waals surface area contributed by atoms with Gasteiger partial charge in [0.25, 0.3) is 0 Å². The van der Waals surface area contributed by atoms with E-state index in [9.17, 15) is 0 Å². The fourth-order valence-corrected chi connectivity index (χ4v) is 3.24. The van der Waals surface area contributed by atoms with Gasteiger partial charge < -0.3 is 10.1 Å². The number of ether oxygens (including phenoxy) is 1. The number of aromatic nitrogens is 2. The standard InChI is InChI=1S/C14H24ClN3O/c1-4-11-14(15)13(18(3)17-11)9-12(16-2)10-5-7-19-8-6-10/h10,12,16H,4-9H2,1-3H3. The third-order valence-corrected chi connectivity index (χ3v) is 4.56. The van der Waals surface area contributed by atoms with Crippen molar-refractivity contribution in [3.8, 4) is 0 Å². The van der Waals surface area contributed by atoms with Gasteiger partial charge in [0.2, 0.25) is 0 Å². The number of likely N-dealkylation sites (N-methyl/N-ethyl adjacent to an activating group) is 1. The van der Waals surface area contributed by atoms with Crippen LogP contribution < -0.4 is 5.32 Å². The molecular weight excluding hydrogens is 262 g/mol. The van der Waals surface area contributed by atoms with Crippen LogP contribution in [0.1, 0.15) is 31.2 Å². The van der Waals surface area contributed by atoms with Gasteiger partial charge in [-0.2, -0.15) is 5.10 Å². The Morgan fingerprint density at radius 2 is 2.16 bits per heavy atom. The fraction of sp³-hybridized carbons (Fsp3) is 0.786. The second-order valence-corrected chi connectivity index (χ2v) is 5.61. The molecular formula is C14H24ClN3O. The van der Waals surface area contributed by atoms with Crippen LogP contribution in [0.5, 0.6) is 0 Å². The van der Waals surface area contributed by atoms with Crippen LogP contribution in [0, 0.1) is 5.92 Å². The summed E-state index contributed by atoms with van der Waals surface area (Å²) in [6, 6.07) is 0.446. The van der Waals surface area contributed by atoms with Crippen molar-refractivity contribution in [2.75, 3.05) is 20.3 Å². The van der Waals surface area contributed by atoms with Crippen molar-refractivity contribution in [2.24, 2.45) is 13.0 Å². The summed E-state index contributed by atoms with van der Waals surface area (Å²) in [5, 5.41) is 8.78. The van der Waals surface area contributed by atoms with Gasteiger partial charge in [-0.05, 0) is 32.2 Å². The molecule has 1 N–H and O–H groups in total. The monoisotopic (exact) mass is 285 g/mol. The summed E-state index contributed by atoms with van der Waals surface area (Å²) in [5.41, 5.74) is 2.14. The van der Waals surface area contributed by atoms with Crippen molar-refractivity contribution in [1.82, 2.24) is 15.1 Å². The first-order valence-electron chi connectivity index (χ1n) is 7.12.